The molecular formula is C25H24FN. The predicted molar refractivity (Wildman–Crippen MR) is 112 cm³/mol. The van der Waals surface area contributed by atoms with Crippen molar-refractivity contribution in [3.63, 3.8) is 0 Å². The van der Waals surface area contributed by atoms with E-state index < -0.39 is 0 Å². The van der Waals surface area contributed by atoms with Crippen molar-refractivity contribution in [3.8, 4) is 0 Å². The lowest BCUT2D eigenvalue weighted by molar-refractivity contribution is 0.617. The molecule has 0 spiro atoms. The van der Waals surface area contributed by atoms with Crippen LogP contribution in [0.1, 0.15) is 46.2 Å². The highest BCUT2D eigenvalue weighted by Gasteiger charge is 2.21. The van der Waals surface area contributed by atoms with E-state index in [1.807, 2.05) is 25.1 Å². The van der Waals surface area contributed by atoms with Crippen molar-refractivity contribution < 1.29 is 4.39 Å². The number of hydrogen-bond donors (Lipinski definition) is 1. The summed E-state index contributed by atoms with van der Waals surface area (Å²) in [5.74, 6) is -0.148. The lowest BCUT2D eigenvalue weighted by Gasteiger charge is -2.18. The summed E-state index contributed by atoms with van der Waals surface area (Å²) < 4.78 is 14.3. The van der Waals surface area contributed by atoms with E-state index in [0.29, 0.717) is 0 Å². The number of nitrogen functional groups attached to an aromatic ring is 1. The highest BCUT2D eigenvalue weighted by molar-refractivity contribution is 6.00. The number of benzene rings is 3. The van der Waals surface area contributed by atoms with Crippen LogP contribution in [0.2, 0.25) is 0 Å². The fourth-order valence-electron chi connectivity index (χ4n) is 4.06. The summed E-state index contributed by atoms with van der Waals surface area (Å²) in [6.45, 7) is 3.97. The topological polar surface area (TPSA) is 26.0 Å². The third-order valence-electron chi connectivity index (χ3n) is 5.51. The third-order valence-corrected chi connectivity index (χ3v) is 5.51. The highest BCUT2D eigenvalue weighted by atomic mass is 19.1. The monoisotopic (exact) mass is 357 g/mol. The summed E-state index contributed by atoms with van der Waals surface area (Å²) >= 11 is 0. The van der Waals surface area contributed by atoms with Crippen LogP contribution >= 0.6 is 0 Å². The average Bonchev–Trinajstić information content (AvgIpc) is 2.84. The second-order valence-electron chi connectivity index (χ2n) is 7.40. The Morgan fingerprint density at radius 3 is 2.41 bits per heavy atom. The number of hydrogen-bond acceptors (Lipinski definition) is 1. The summed E-state index contributed by atoms with van der Waals surface area (Å²) in [4.78, 5) is 0. The molecule has 0 fully saturated rings. The van der Waals surface area contributed by atoms with Gasteiger partial charge in [-0.15, -0.1) is 0 Å². The summed E-state index contributed by atoms with van der Waals surface area (Å²) in [6, 6.07) is 20.2. The van der Waals surface area contributed by atoms with Crippen molar-refractivity contribution in [1.82, 2.24) is 0 Å². The maximum atomic E-state index is 14.3. The number of nitrogens with two attached hydrogens (primary N) is 1. The van der Waals surface area contributed by atoms with Gasteiger partial charge in [-0.3, -0.25) is 0 Å². The molecule has 0 unspecified atom stereocenters. The maximum absolute atomic E-state index is 14.3. The molecule has 0 bridgehead atoms. The Kier molecular flexibility index (Phi) is 4.57. The summed E-state index contributed by atoms with van der Waals surface area (Å²) in [6.07, 6.45) is 2.92. The number of fused-ring (bicyclic) bond motifs is 1. The highest BCUT2D eigenvalue weighted by Crippen LogP contribution is 2.41. The summed E-state index contributed by atoms with van der Waals surface area (Å²) in [7, 11) is 0. The molecule has 0 radical (unpaired) electrons. The van der Waals surface area contributed by atoms with Crippen LogP contribution < -0.4 is 5.73 Å². The van der Waals surface area contributed by atoms with Crippen LogP contribution in [0.25, 0.3) is 11.1 Å². The fraction of sp³-hybridized carbons (Fsp3) is 0.200. The van der Waals surface area contributed by atoms with Crippen LogP contribution in [-0.4, -0.2) is 0 Å². The molecule has 3 aromatic carbocycles. The number of anilines is 1. The van der Waals surface area contributed by atoms with Crippen molar-refractivity contribution in [2.24, 2.45) is 0 Å². The molecule has 1 aliphatic carbocycles. The van der Waals surface area contributed by atoms with Crippen LogP contribution in [0.15, 0.2) is 60.7 Å². The standard InChI is InChI=1S/C25H24FN/c1-16-9-11-18(12-10-16)25-22-14-13-20(27)15-19(22)5-3-7-23(25)21-6-4-8-24(26)17(21)2/h4,6,8-15H,3,5,7,27H2,1-2H3. The van der Waals surface area contributed by atoms with E-state index in [0.717, 1.165) is 36.1 Å². The lowest BCUT2D eigenvalue weighted by Crippen LogP contribution is -1.99. The van der Waals surface area contributed by atoms with E-state index in [1.54, 1.807) is 0 Å². The van der Waals surface area contributed by atoms with E-state index >= 15 is 0 Å². The quantitative estimate of drug-likeness (QED) is 0.534. The molecule has 1 nitrogen and oxygen atoms in total. The Balaban J connectivity index is 2.05. The maximum Gasteiger partial charge on any atom is 0.126 e. The SMILES string of the molecule is Cc1ccc(C2=C(c3cccc(F)c3C)CCCc3cc(N)ccc32)cc1. The first-order valence-corrected chi connectivity index (χ1v) is 9.49. The molecule has 2 N–H and O–H groups in total. The summed E-state index contributed by atoms with van der Waals surface area (Å²) in [5.41, 5.74) is 15.9. The van der Waals surface area contributed by atoms with Crippen molar-refractivity contribution in [3.05, 3.63) is 99.9 Å². The largest absolute Gasteiger partial charge is 0.399 e. The Hall–Kier alpha value is -2.87. The zero-order chi connectivity index (χ0) is 19.0. The molecule has 0 aromatic heterocycles. The van der Waals surface area contributed by atoms with E-state index in [1.165, 1.54) is 39.5 Å². The first-order chi connectivity index (χ1) is 13.0. The molecule has 2 heteroatoms. The van der Waals surface area contributed by atoms with E-state index in [4.69, 9.17) is 5.73 Å². The van der Waals surface area contributed by atoms with Crippen molar-refractivity contribution in [2.75, 3.05) is 5.73 Å². The molecule has 0 saturated heterocycles. The molecule has 1 aliphatic rings. The minimum absolute atomic E-state index is 0.148. The third kappa shape index (κ3) is 3.28. The van der Waals surface area contributed by atoms with Crippen molar-refractivity contribution in [1.29, 1.82) is 0 Å². The fourth-order valence-corrected chi connectivity index (χ4v) is 4.06. The first-order valence-electron chi connectivity index (χ1n) is 9.49. The normalized spacial score (nSPS) is 14.0. The van der Waals surface area contributed by atoms with Crippen LogP contribution in [0.3, 0.4) is 0 Å². The van der Waals surface area contributed by atoms with E-state index in [-0.39, 0.29) is 5.82 Å². The predicted octanol–water partition coefficient (Wildman–Crippen LogP) is 6.32. The molecule has 0 amide bonds. The van der Waals surface area contributed by atoms with E-state index in [9.17, 15) is 4.39 Å². The van der Waals surface area contributed by atoms with Gasteiger partial charge in [-0.25, -0.2) is 4.39 Å². The van der Waals surface area contributed by atoms with Crippen LogP contribution in [-0.2, 0) is 6.42 Å². The molecule has 0 saturated carbocycles. The van der Waals surface area contributed by atoms with E-state index in [2.05, 4.69) is 43.3 Å². The molecule has 0 heterocycles. The first kappa shape index (κ1) is 17.5. The Morgan fingerprint density at radius 1 is 0.852 bits per heavy atom. The van der Waals surface area contributed by atoms with Gasteiger partial charge >= 0.3 is 0 Å². The van der Waals surface area contributed by atoms with Gasteiger partial charge in [0.1, 0.15) is 5.82 Å². The smallest absolute Gasteiger partial charge is 0.126 e. The number of allylic oxidation sites excluding steroid dienone is 1. The van der Waals surface area contributed by atoms with Crippen molar-refractivity contribution >= 4 is 16.8 Å². The van der Waals surface area contributed by atoms with Gasteiger partial charge < -0.3 is 5.73 Å². The van der Waals surface area contributed by atoms with Gasteiger partial charge in [0.15, 0.2) is 0 Å². The molecule has 27 heavy (non-hydrogen) atoms. The Labute approximate surface area is 160 Å². The van der Waals surface area contributed by atoms with Gasteiger partial charge in [0.2, 0.25) is 0 Å². The molecular weight excluding hydrogens is 333 g/mol. The van der Waals surface area contributed by atoms with Gasteiger partial charge in [0.25, 0.3) is 0 Å². The van der Waals surface area contributed by atoms with Gasteiger partial charge in [-0.05, 0) is 90.3 Å². The zero-order valence-electron chi connectivity index (χ0n) is 15.9. The number of aryl methyl sites for hydroxylation is 2. The Morgan fingerprint density at radius 2 is 1.63 bits per heavy atom. The minimum Gasteiger partial charge on any atom is -0.399 e. The number of halogens is 1. The van der Waals surface area contributed by atoms with Crippen LogP contribution in [0.5, 0.6) is 0 Å². The summed E-state index contributed by atoms with van der Waals surface area (Å²) in [5, 5.41) is 0. The molecule has 4 rings (SSSR count). The van der Waals surface area contributed by atoms with Gasteiger partial charge in [-0.2, -0.15) is 0 Å². The Bertz CT molecular complexity index is 1030. The van der Waals surface area contributed by atoms with Crippen molar-refractivity contribution in [2.45, 2.75) is 33.1 Å². The minimum atomic E-state index is -0.148. The molecule has 136 valence electrons. The second-order valence-corrected chi connectivity index (χ2v) is 7.40. The second kappa shape index (κ2) is 7.03. The molecule has 0 atom stereocenters. The number of rotatable bonds is 2. The lowest BCUT2D eigenvalue weighted by atomic mass is 9.86. The van der Waals surface area contributed by atoms with Gasteiger partial charge in [0, 0.05) is 5.69 Å². The average molecular weight is 357 g/mol. The molecule has 0 aliphatic heterocycles. The van der Waals surface area contributed by atoms with Crippen LogP contribution in [0, 0.1) is 19.7 Å². The zero-order valence-corrected chi connectivity index (χ0v) is 15.9. The van der Waals surface area contributed by atoms with Crippen LogP contribution in [0.4, 0.5) is 10.1 Å². The molecule has 3 aromatic rings. The van der Waals surface area contributed by atoms with Gasteiger partial charge in [-0.1, -0.05) is 48.0 Å². The van der Waals surface area contributed by atoms with Gasteiger partial charge in [0.05, 0.1) is 0 Å².